The summed E-state index contributed by atoms with van der Waals surface area (Å²) in [6.07, 6.45) is 2.04. The molecule has 26 heavy (non-hydrogen) atoms. The van der Waals surface area contributed by atoms with Gasteiger partial charge in [-0.3, -0.25) is 4.79 Å². The fraction of sp³-hybridized carbons (Fsp3) is 0.438. The van der Waals surface area contributed by atoms with Crippen LogP contribution in [-0.4, -0.2) is 47.9 Å². The molecule has 4 rings (SSSR count). The molecule has 0 saturated heterocycles. The molecule has 2 aliphatic rings. The minimum absolute atomic E-state index is 0. The lowest BCUT2D eigenvalue weighted by atomic mass is 10.1. The molecular formula is C16H19ClN4O4S. The Hall–Kier alpha value is -1.97. The number of hydrogen-bond donors (Lipinski definition) is 1. The third kappa shape index (κ3) is 3.00. The van der Waals surface area contributed by atoms with Crippen LogP contribution in [0.5, 0.6) is 0 Å². The number of likely N-dealkylation sites (N-methyl/N-ethyl adjacent to an activating group) is 1. The Morgan fingerprint density at radius 1 is 1.38 bits per heavy atom. The number of nitrogens with zero attached hydrogens (tertiary/aromatic N) is 3. The van der Waals surface area contributed by atoms with E-state index in [9.17, 15) is 13.2 Å². The van der Waals surface area contributed by atoms with Gasteiger partial charge in [-0.2, -0.15) is 4.98 Å². The molecule has 1 aliphatic carbocycles. The van der Waals surface area contributed by atoms with Crippen molar-refractivity contribution >= 4 is 28.3 Å². The quantitative estimate of drug-likeness (QED) is 0.815. The Morgan fingerprint density at radius 3 is 2.77 bits per heavy atom. The summed E-state index contributed by atoms with van der Waals surface area (Å²) in [7, 11) is -1.95. The molecule has 1 amide bonds. The summed E-state index contributed by atoms with van der Waals surface area (Å²) in [5.74, 6) is 0.336. The highest BCUT2D eigenvalue weighted by atomic mass is 35.5. The molecular weight excluding hydrogens is 380 g/mol. The number of carbonyl (C=O) groups excluding carboxylic acids is 1. The Morgan fingerprint density at radius 2 is 2.12 bits per heavy atom. The summed E-state index contributed by atoms with van der Waals surface area (Å²) >= 11 is 0. The lowest BCUT2D eigenvalue weighted by molar-refractivity contribution is 0.0865. The molecule has 0 radical (unpaired) electrons. The molecule has 0 bridgehead atoms. The Kier molecular flexibility index (Phi) is 4.80. The Bertz CT molecular complexity index is 955. The Balaban J connectivity index is 0.00000196. The number of hydrogen-bond acceptors (Lipinski definition) is 7. The van der Waals surface area contributed by atoms with Crippen molar-refractivity contribution in [2.24, 2.45) is 0 Å². The molecule has 1 unspecified atom stereocenters. The summed E-state index contributed by atoms with van der Waals surface area (Å²) in [6.45, 7) is 2.00. The number of amides is 1. The second-order valence-corrected chi connectivity index (χ2v) is 8.24. The number of rotatable bonds is 5. The number of sulfonamides is 1. The van der Waals surface area contributed by atoms with Gasteiger partial charge in [0, 0.05) is 24.1 Å². The first-order chi connectivity index (χ1) is 11.9. The maximum atomic E-state index is 12.7. The van der Waals surface area contributed by atoms with Crippen LogP contribution in [0, 0.1) is 0 Å². The molecule has 1 aliphatic heterocycles. The van der Waals surface area contributed by atoms with Crippen LogP contribution in [-0.2, 0) is 16.4 Å². The van der Waals surface area contributed by atoms with Crippen molar-refractivity contribution in [1.29, 1.82) is 0 Å². The van der Waals surface area contributed by atoms with Crippen molar-refractivity contribution in [3.05, 3.63) is 29.6 Å². The van der Waals surface area contributed by atoms with Crippen LogP contribution in [0.1, 0.15) is 35.9 Å². The summed E-state index contributed by atoms with van der Waals surface area (Å²) in [5, 5.41) is 7.01. The van der Waals surface area contributed by atoms with E-state index in [4.69, 9.17) is 4.52 Å². The molecule has 1 aromatic carbocycles. The van der Waals surface area contributed by atoms with Crippen molar-refractivity contribution in [3.8, 4) is 11.5 Å². The van der Waals surface area contributed by atoms with Crippen LogP contribution < -0.4 is 5.32 Å². The summed E-state index contributed by atoms with van der Waals surface area (Å²) in [6, 6.07) is 4.60. The molecule has 140 valence electrons. The van der Waals surface area contributed by atoms with Crippen LogP contribution in [0.4, 0.5) is 0 Å². The van der Waals surface area contributed by atoms with Gasteiger partial charge in [0.15, 0.2) is 5.82 Å². The van der Waals surface area contributed by atoms with Gasteiger partial charge < -0.3 is 9.84 Å². The summed E-state index contributed by atoms with van der Waals surface area (Å²) in [4.78, 5) is 16.7. The van der Waals surface area contributed by atoms with Gasteiger partial charge in [-0.05, 0) is 45.0 Å². The van der Waals surface area contributed by atoms with E-state index in [-0.39, 0.29) is 40.8 Å². The number of carbonyl (C=O) groups is 1. The molecule has 1 atom stereocenters. The van der Waals surface area contributed by atoms with E-state index in [1.807, 2.05) is 14.0 Å². The number of nitrogens with one attached hydrogen (secondary N) is 1. The average Bonchev–Trinajstić information content (AvgIpc) is 3.26. The molecule has 10 heteroatoms. The van der Waals surface area contributed by atoms with Gasteiger partial charge in [0.1, 0.15) is 4.90 Å². The number of benzene rings is 1. The van der Waals surface area contributed by atoms with E-state index in [2.05, 4.69) is 15.5 Å². The zero-order chi connectivity index (χ0) is 17.8. The van der Waals surface area contributed by atoms with Gasteiger partial charge in [-0.1, -0.05) is 5.16 Å². The van der Waals surface area contributed by atoms with Crippen molar-refractivity contribution in [2.45, 2.75) is 43.2 Å². The van der Waals surface area contributed by atoms with Gasteiger partial charge in [-0.25, -0.2) is 12.7 Å². The monoisotopic (exact) mass is 398 g/mol. The summed E-state index contributed by atoms with van der Waals surface area (Å²) in [5.41, 5.74) is 0.697. The van der Waals surface area contributed by atoms with Gasteiger partial charge in [0.05, 0.1) is 5.56 Å². The van der Waals surface area contributed by atoms with Crippen molar-refractivity contribution in [3.63, 3.8) is 0 Å². The third-order valence-electron chi connectivity index (χ3n) is 4.52. The first kappa shape index (κ1) is 18.8. The van der Waals surface area contributed by atoms with Gasteiger partial charge >= 0.3 is 0 Å². The summed E-state index contributed by atoms with van der Waals surface area (Å²) < 4.78 is 31.6. The van der Waals surface area contributed by atoms with Crippen LogP contribution in [0.2, 0.25) is 0 Å². The minimum atomic E-state index is -3.80. The predicted octanol–water partition coefficient (Wildman–Crippen LogP) is 1.62. The molecule has 0 spiro atoms. The second-order valence-electron chi connectivity index (χ2n) is 6.46. The highest BCUT2D eigenvalue weighted by Crippen LogP contribution is 2.40. The van der Waals surface area contributed by atoms with Crippen molar-refractivity contribution < 1.29 is 17.7 Å². The fourth-order valence-electron chi connectivity index (χ4n) is 2.88. The number of aromatic nitrogens is 2. The van der Waals surface area contributed by atoms with Crippen LogP contribution >= 0.6 is 12.4 Å². The largest absolute Gasteiger partial charge is 0.334 e. The van der Waals surface area contributed by atoms with Crippen LogP contribution in [0.3, 0.4) is 0 Å². The number of halogens is 1. The molecule has 1 fully saturated rings. The van der Waals surface area contributed by atoms with Crippen LogP contribution in [0.25, 0.3) is 11.5 Å². The van der Waals surface area contributed by atoms with Gasteiger partial charge in [0.2, 0.25) is 0 Å². The normalized spacial score (nSPS) is 19.2. The van der Waals surface area contributed by atoms with Gasteiger partial charge in [-0.15, -0.1) is 12.4 Å². The molecule has 8 nitrogen and oxygen atoms in total. The first-order valence-electron chi connectivity index (χ1n) is 8.15. The standard InChI is InChI=1S/C16H18N4O4S.ClH/c1-9(17-2)7-14-18-15(24-19-14)10-3-6-12-13(8-10)25(22,23)20(16(12)21)11-4-5-11;/h3,6,8-9,11,17H,4-5,7H2,1-2H3;1H. The van der Waals surface area contributed by atoms with E-state index >= 15 is 0 Å². The Labute approximate surface area is 157 Å². The lowest BCUT2D eigenvalue weighted by Crippen LogP contribution is -2.31. The fourth-order valence-corrected chi connectivity index (χ4v) is 4.72. The maximum Gasteiger partial charge on any atom is 0.269 e. The molecule has 2 heterocycles. The van der Waals surface area contributed by atoms with Crippen LogP contribution in [0.15, 0.2) is 27.6 Å². The molecule has 1 aromatic heterocycles. The van der Waals surface area contributed by atoms with Gasteiger partial charge in [0.25, 0.3) is 21.8 Å². The first-order valence-corrected chi connectivity index (χ1v) is 9.59. The van der Waals surface area contributed by atoms with E-state index in [1.165, 1.54) is 12.1 Å². The molecule has 1 N–H and O–H groups in total. The van der Waals surface area contributed by atoms with E-state index < -0.39 is 15.9 Å². The van der Waals surface area contributed by atoms with E-state index in [0.29, 0.717) is 17.8 Å². The SMILES string of the molecule is CNC(C)Cc1noc(-c2ccc3c(c2)S(=O)(=O)N(C2CC2)C3=O)n1.Cl. The third-order valence-corrected chi connectivity index (χ3v) is 6.40. The van der Waals surface area contributed by atoms with E-state index in [0.717, 1.165) is 17.1 Å². The highest BCUT2D eigenvalue weighted by molar-refractivity contribution is 7.90. The second kappa shape index (κ2) is 6.64. The molecule has 1 saturated carbocycles. The number of fused-ring (bicyclic) bond motifs is 1. The topological polar surface area (TPSA) is 105 Å². The maximum absolute atomic E-state index is 12.7. The zero-order valence-electron chi connectivity index (χ0n) is 14.3. The zero-order valence-corrected chi connectivity index (χ0v) is 15.9. The van der Waals surface area contributed by atoms with Crippen molar-refractivity contribution in [2.75, 3.05) is 7.05 Å². The lowest BCUT2D eigenvalue weighted by Gasteiger charge is -2.13. The predicted molar refractivity (Wildman–Crippen MR) is 95.6 cm³/mol. The average molecular weight is 399 g/mol. The smallest absolute Gasteiger partial charge is 0.269 e. The molecule has 2 aromatic rings. The van der Waals surface area contributed by atoms with Crippen molar-refractivity contribution in [1.82, 2.24) is 19.8 Å². The minimum Gasteiger partial charge on any atom is -0.334 e. The van der Waals surface area contributed by atoms with E-state index in [1.54, 1.807) is 6.07 Å². The highest BCUT2D eigenvalue weighted by Gasteiger charge is 2.48.